The Morgan fingerprint density at radius 2 is 2.10 bits per heavy atom. The zero-order valence-electron chi connectivity index (χ0n) is 11.2. The van der Waals surface area contributed by atoms with Gasteiger partial charge in [0.25, 0.3) is 0 Å². The van der Waals surface area contributed by atoms with Crippen LogP contribution >= 0.6 is 0 Å². The molecule has 0 atom stereocenters. The second-order valence-corrected chi connectivity index (χ2v) is 5.16. The molecule has 21 heavy (non-hydrogen) atoms. The van der Waals surface area contributed by atoms with Crippen LogP contribution in [0.4, 0.5) is 13.2 Å². The first-order valence-corrected chi connectivity index (χ1v) is 6.73. The lowest BCUT2D eigenvalue weighted by Gasteiger charge is -2.06. The minimum atomic E-state index is -4.38. The molecule has 1 heterocycles. The van der Waals surface area contributed by atoms with E-state index >= 15 is 0 Å². The number of hydrogen-bond acceptors (Lipinski definition) is 4. The molecule has 112 valence electrons. The first kappa shape index (κ1) is 14.1. The molecule has 1 fully saturated rings. The second-order valence-electron chi connectivity index (χ2n) is 5.16. The van der Waals surface area contributed by atoms with Gasteiger partial charge in [0.15, 0.2) is 0 Å². The maximum atomic E-state index is 12.7. The number of alkyl halides is 3. The lowest BCUT2D eigenvalue weighted by atomic mass is 10.1. The number of rotatable bonds is 5. The van der Waals surface area contributed by atoms with Crippen LogP contribution < -0.4 is 5.32 Å². The molecule has 4 nitrogen and oxygen atoms in total. The fourth-order valence-electron chi connectivity index (χ4n) is 1.98. The molecular weight excluding hydrogens is 283 g/mol. The van der Waals surface area contributed by atoms with Crippen molar-refractivity contribution in [3.05, 3.63) is 35.7 Å². The van der Waals surface area contributed by atoms with Crippen molar-refractivity contribution in [2.75, 3.05) is 6.54 Å². The fourth-order valence-corrected chi connectivity index (χ4v) is 1.98. The normalized spacial score (nSPS) is 15.4. The molecule has 1 aliphatic rings. The number of hydrogen-bond donors (Lipinski definition) is 1. The topological polar surface area (TPSA) is 51.0 Å². The Balaban J connectivity index is 1.70. The average Bonchev–Trinajstić information content (AvgIpc) is 3.14. The molecule has 0 saturated heterocycles. The quantitative estimate of drug-likeness (QED) is 0.920. The molecule has 1 aliphatic carbocycles. The van der Waals surface area contributed by atoms with E-state index in [0.29, 0.717) is 18.0 Å². The van der Waals surface area contributed by atoms with Crippen molar-refractivity contribution in [2.24, 2.45) is 5.92 Å². The Hall–Kier alpha value is -1.89. The first-order valence-electron chi connectivity index (χ1n) is 6.73. The minimum absolute atomic E-state index is 0.171. The van der Waals surface area contributed by atoms with E-state index < -0.39 is 11.7 Å². The predicted octanol–water partition coefficient (Wildman–Crippen LogP) is 3.26. The third-order valence-corrected chi connectivity index (χ3v) is 3.32. The fraction of sp³-hybridized carbons (Fsp3) is 0.429. The van der Waals surface area contributed by atoms with E-state index in [1.807, 2.05) is 0 Å². The van der Waals surface area contributed by atoms with Crippen molar-refractivity contribution in [3.63, 3.8) is 0 Å². The number of benzene rings is 1. The molecular formula is C14H14F3N3O. The van der Waals surface area contributed by atoms with E-state index in [-0.39, 0.29) is 5.82 Å². The molecule has 2 aromatic rings. The number of nitrogens with zero attached hydrogens (tertiary/aromatic N) is 2. The molecule has 0 spiro atoms. The molecule has 1 aromatic heterocycles. The summed E-state index contributed by atoms with van der Waals surface area (Å²) in [7, 11) is 0. The minimum Gasteiger partial charge on any atom is -0.338 e. The Morgan fingerprint density at radius 3 is 2.81 bits per heavy atom. The van der Waals surface area contributed by atoms with Crippen molar-refractivity contribution in [1.29, 1.82) is 0 Å². The third kappa shape index (κ3) is 3.60. The Morgan fingerprint density at radius 1 is 1.29 bits per heavy atom. The maximum Gasteiger partial charge on any atom is 0.416 e. The molecule has 0 amide bonds. The van der Waals surface area contributed by atoms with Crippen LogP contribution in [0.1, 0.15) is 24.3 Å². The van der Waals surface area contributed by atoms with E-state index in [2.05, 4.69) is 15.5 Å². The highest BCUT2D eigenvalue weighted by atomic mass is 19.4. The van der Waals surface area contributed by atoms with Gasteiger partial charge in [-0.1, -0.05) is 17.3 Å². The zero-order chi connectivity index (χ0) is 14.9. The van der Waals surface area contributed by atoms with Gasteiger partial charge in [-0.15, -0.1) is 0 Å². The third-order valence-electron chi connectivity index (χ3n) is 3.32. The van der Waals surface area contributed by atoms with Crippen molar-refractivity contribution >= 4 is 0 Å². The molecule has 0 aliphatic heterocycles. The molecule has 1 aromatic carbocycles. The predicted molar refractivity (Wildman–Crippen MR) is 69.2 cm³/mol. The molecule has 0 radical (unpaired) electrons. The van der Waals surface area contributed by atoms with Gasteiger partial charge in [0.1, 0.15) is 0 Å². The number of aromatic nitrogens is 2. The largest absolute Gasteiger partial charge is 0.416 e. The van der Waals surface area contributed by atoms with Gasteiger partial charge in [-0.2, -0.15) is 18.2 Å². The van der Waals surface area contributed by atoms with Crippen LogP contribution in [0.5, 0.6) is 0 Å². The van der Waals surface area contributed by atoms with Crippen LogP contribution in [0, 0.1) is 5.92 Å². The summed E-state index contributed by atoms with van der Waals surface area (Å²) in [5.74, 6) is 1.28. The molecule has 0 bridgehead atoms. The standard InChI is InChI=1S/C14H14F3N3O/c15-14(16,17)11-3-1-2-10(6-11)13-19-12(21-20-13)8-18-7-9-4-5-9/h1-3,6,9,18H,4-5,7-8H2. The van der Waals surface area contributed by atoms with Crippen molar-refractivity contribution < 1.29 is 17.7 Å². The van der Waals surface area contributed by atoms with E-state index in [9.17, 15) is 13.2 Å². The van der Waals surface area contributed by atoms with Crippen molar-refractivity contribution in [1.82, 2.24) is 15.5 Å². The van der Waals surface area contributed by atoms with Crippen LogP contribution in [0.25, 0.3) is 11.4 Å². The Bertz CT molecular complexity index is 620. The second kappa shape index (κ2) is 5.48. The molecule has 3 rings (SSSR count). The summed E-state index contributed by atoms with van der Waals surface area (Å²) in [6, 6.07) is 4.90. The highest BCUT2D eigenvalue weighted by Gasteiger charge is 2.30. The summed E-state index contributed by atoms with van der Waals surface area (Å²) >= 11 is 0. The first-order chi connectivity index (χ1) is 10.0. The average molecular weight is 297 g/mol. The van der Waals surface area contributed by atoms with Crippen LogP contribution in [0.3, 0.4) is 0 Å². The summed E-state index contributed by atoms with van der Waals surface area (Å²) in [6.45, 7) is 1.34. The summed E-state index contributed by atoms with van der Waals surface area (Å²) < 4.78 is 43.0. The Kier molecular flexibility index (Phi) is 3.67. The highest BCUT2D eigenvalue weighted by molar-refractivity contribution is 5.55. The SMILES string of the molecule is FC(F)(F)c1cccc(-c2noc(CNCC3CC3)n2)c1. The van der Waals surface area contributed by atoms with Crippen LogP contribution in [-0.2, 0) is 12.7 Å². The van der Waals surface area contributed by atoms with Crippen LogP contribution in [-0.4, -0.2) is 16.7 Å². The maximum absolute atomic E-state index is 12.7. The van der Waals surface area contributed by atoms with Gasteiger partial charge in [-0.3, -0.25) is 0 Å². The highest BCUT2D eigenvalue weighted by Crippen LogP contribution is 2.31. The van der Waals surface area contributed by atoms with Gasteiger partial charge >= 0.3 is 6.18 Å². The monoisotopic (exact) mass is 297 g/mol. The van der Waals surface area contributed by atoms with E-state index in [1.165, 1.54) is 25.0 Å². The molecule has 1 N–H and O–H groups in total. The summed E-state index contributed by atoms with van der Waals surface area (Å²) in [5, 5.41) is 6.92. The summed E-state index contributed by atoms with van der Waals surface area (Å²) in [4.78, 5) is 4.11. The summed E-state index contributed by atoms with van der Waals surface area (Å²) in [5.41, 5.74) is -0.430. The smallest absolute Gasteiger partial charge is 0.338 e. The molecule has 1 saturated carbocycles. The lowest BCUT2D eigenvalue weighted by Crippen LogP contribution is -2.16. The molecule has 0 unspecified atom stereocenters. The number of halogens is 3. The van der Waals surface area contributed by atoms with Gasteiger partial charge in [0, 0.05) is 5.56 Å². The van der Waals surface area contributed by atoms with Gasteiger partial charge in [-0.25, -0.2) is 0 Å². The van der Waals surface area contributed by atoms with E-state index in [4.69, 9.17) is 4.52 Å². The lowest BCUT2D eigenvalue weighted by molar-refractivity contribution is -0.137. The van der Waals surface area contributed by atoms with E-state index in [1.54, 1.807) is 0 Å². The number of nitrogens with one attached hydrogen (secondary N) is 1. The van der Waals surface area contributed by atoms with Crippen molar-refractivity contribution in [3.8, 4) is 11.4 Å². The summed E-state index contributed by atoms with van der Waals surface area (Å²) in [6.07, 6.45) is -1.90. The van der Waals surface area contributed by atoms with E-state index in [0.717, 1.165) is 24.6 Å². The van der Waals surface area contributed by atoms with Crippen LogP contribution in [0.2, 0.25) is 0 Å². The van der Waals surface area contributed by atoms with Gasteiger partial charge < -0.3 is 9.84 Å². The van der Waals surface area contributed by atoms with Gasteiger partial charge in [0.05, 0.1) is 12.1 Å². The Labute approximate surface area is 119 Å². The van der Waals surface area contributed by atoms with Gasteiger partial charge in [0.2, 0.25) is 11.7 Å². The van der Waals surface area contributed by atoms with Crippen molar-refractivity contribution in [2.45, 2.75) is 25.6 Å². The zero-order valence-corrected chi connectivity index (χ0v) is 11.2. The van der Waals surface area contributed by atoms with Gasteiger partial charge in [-0.05, 0) is 37.4 Å². The molecule has 7 heteroatoms. The van der Waals surface area contributed by atoms with Crippen LogP contribution in [0.15, 0.2) is 28.8 Å².